The molecule has 0 heterocycles. The van der Waals surface area contributed by atoms with Crippen molar-refractivity contribution in [1.29, 1.82) is 0 Å². The molecule has 0 aliphatic heterocycles. The second kappa shape index (κ2) is 5.90. The van der Waals surface area contributed by atoms with Gasteiger partial charge >= 0.3 is 0 Å². The Hall–Kier alpha value is -1.11. The summed E-state index contributed by atoms with van der Waals surface area (Å²) in [4.78, 5) is 0.114. The minimum atomic E-state index is -3.63. The van der Waals surface area contributed by atoms with Gasteiger partial charge in [0.2, 0.25) is 10.0 Å². The van der Waals surface area contributed by atoms with E-state index in [9.17, 15) is 8.42 Å². The zero-order valence-electron chi connectivity index (χ0n) is 11.8. The van der Waals surface area contributed by atoms with E-state index in [-0.39, 0.29) is 16.5 Å². The van der Waals surface area contributed by atoms with Crippen LogP contribution in [0, 0.1) is 0 Å². The van der Waals surface area contributed by atoms with Gasteiger partial charge in [0.05, 0.1) is 10.5 Å². The van der Waals surface area contributed by atoms with E-state index in [0.29, 0.717) is 0 Å². The average Bonchev–Trinajstić information content (AvgIpc) is 2.27. The van der Waals surface area contributed by atoms with Crippen molar-refractivity contribution in [2.45, 2.75) is 43.7 Å². The van der Waals surface area contributed by atoms with Crippen LogP contribution in [0.4, 0.5) is 5.69 Å². The summed E-state index contributed by atoms with van der Waals surface area (Å²) in [5.41, 5.74) is 0.652. The lowest BCUT2D eigenvalue weighted by atomic mass is 10.00. The van der Waals surface area contributed by atoms with Crippen LogP contribution in [0.5, 0.6) is 0 Å². The molecule has 0 aromatic heterocycles. The fourth-order valence-electron chi connectivity index (χ4n) is 1.90. The molecule has 1 rings (SSSR count). The highest BCUT2D eigenvalue weighted by molar-refractivity contribution is 7.89. The molecule has 0 saturated heterocycles. The van der Waals surface area contributed by atoms with E-state index in [2.05, 4.69) is 5.32 Å². The van der Waals surface area contributed by atoms with Gasteiger partial charge in [-0.25, -0.2) is 13.6 Å². The second-order valence-electron chi connectivity index (χ2n) is 5.28. The first kappa shape index (κ1) is 15.9. The van der Waals surface area contributed by atoms with Gasteiger partial charge in [0.15, 0.2) is 0 Å². The molecule has 6 heteroatoms. The maximum absolute atomic E-state index is 11.1. The number of methoxy groups -OCH3 is 1. The number of primary sulfonamides is 1. The topological polar surface area (TPSA) is 81.4 Å². The van der Waals surface area contributed by atoms with Crippen LogP contribution in [-0.4, -0.2) is 27.2 Å². The molecule has 0 saturated carbocycles. The molecule has 19 heavy (non-hydrogen) atoms. The van der Waals surface area contributed by atoms with Crippen molar-refractivity contribution < 1.29 is 13.2 Å². The molecule has 108 valence electrons. The van der Waals surface area contributed by atoms with E-state index < -0.39 is 10.0 Å². The summed E-state index contributed by atoms with van der Waals surface area (Å²) in [6, 6.07) is 6.60. The molecule has 0 amide bonds. The number of nitrogens with one attached hydrogen (secondary N) is 1. The third-order valence-corrected chi connectivity index (χ3v) is 3.88. The summed E-state index contributed by atoms with van der Waals surface area (Å²) < 4.78 is 27.6. The van der Waals surface area contributed by atoms with Crippen molar-refractivity contribution >= 4 is 15.7 Å². The van der Waals surface area contributed by atoms with Crippen molar-refractivity contribution in [2.24, 2.45) is 5.14 Å². The summed E-state index contributed by atoms with van der Waals surface area (Å²) in [6.45, 7) is 6.10. The molecule has 0 aliphatic carbocycles. The highest BCUT2D eigenvalue weighted by atomic mass is 32.2. The van der Waals surface area contributed by atoms with Gasteiger partial charge in [0.25, 0.3) is 0 Å². The van der Waals surface area contributed by atoms with Crippen LogP contribution in [0.3, 0.4) is 0 Å². The van der Waals surface area contributed by atoms with Crippen molar-refractivity contribution in [1.82, 2.24) is 0 Å². The largest absolute Gasteiger partial charge is 0.382 e. The number of hydrogen-bond acceptors (Lipinski definition) is 4. The second-order valence-corrected chi connectivity index (χ2v) is 6.84. The van der Waals surface area contributed by atoms with Crippen LogP contribution in [0.25, 0.3) is 0 Å². The van der Waals surface area contributed by atoms with Gasteiger partial charge < -0.3 is 10.1 Å². The molecule has 3 N–H and O–H groups in total. The summed E-state index contributed by atoms with van der Waals surface area (Å²) >= 11 is 0. The Balaban J connectivity index is 2.68. The fourth-order valence-corrected chi connectivity index (χ4v) is 2.41. The molecule has 0 fully saturated rings. The van der Waals surface area contributed by atoms with Crippen LogP contribution in [0.1, 0.15) is 27.2 Å². The highest BCUT2D eigenvalue weighted by Gasteiger charge is 2.20. The molecule has 0 bridgehead atoms. The molecule has 0 aliphatic rings. The first-order valence-electron chi connectivity index (χ1n) is 6.08. The predicted octanol–water partition coefficient (Wildman–Crippen LogP) is 1.95. The SMILES string of the molecule is COC(C)(C)CC(C)Nc1ccc(S(N)(=O)=O)cc1. The maximum atomic E-state index is 11.1. The van der Waals surface area contributed by atoms with Crippen LogP contribution >= 0.6 is 0 Å². The summed E-state index contributed by atoms with van der Waals surface area (Å²) in [7, 11) is -1.94. The van der Waals surface area contributed by atoms with E-state index in [1.54, 1.807) is 19.2 Å². The number of rotatable bonds is 6. The molecule has 1 atom stereocenters. The maximum Gasteiger partial charge on any atom is 0.238 e. The Morgan fingerprint density at radius 2 is 1.84 bits per heavy atom. The van der Waals surface area contributed by atoms with Gasteiger partial charge in [0, 0.05) is 18.8 Å². The Morgan fingerprint density at radius 3 is 2.26 bits per heavy atom. The Kier molecular flexibility index (Phi) is 4.95. The van der Waals surface area contributed by atoms with Crippen LogP contribution in [0.15, 0.2) is 29.2 Å². The number of sulfonamides is 1. The minimum absolute atomic E-state index is 0.114. The number of anilines is 1. The lowest BCUT2D eigenvalue weighted by Crippen LogP contribution is -2.31. The summed E-state index contributed by atoms with van der Waals surface area (Å²) in [6.07, 6.45) is 0.834. The van der Waals surface area contributed by atoms with E-state index >= 15 is 0 Å². The standard InChI is InChI=1S/C13H22N2O3S/c1-10(9-13(2,3)18-4)15-11-5-7-12(8-6-11)19(14,16)17/h5-8,10,15H,9H2,1-4H3,(H2,14,16,17). The molecule has 1 aromatic carbocycles. The van der Waals surface area contributed by atoms with Crippen LogP contribution in [0.2, 0.25) is 0 Å². The third kappa shape index (κ3) is 5.18. The molecule has 1 aromatic rings. The highest BCUT2D eigenvalue weighted by Crippen LogP contribution is 2.19. The van der Waals surface area contributed by atoms with Gasteiger partial charge in [-0.1, -0.05) is 0 Å². The monoisotopic (exact) mass is 286 g/mol. The van der Waals surface area contributed by atoms with E-state index in [1.165, 1.54) is 12.1 Å². The van der Waals surface area contributed by atoms with E-state index in [1.807, 2.05) is 20.8 Å². The predicted molar refractivity (Wildman–Crippen MR) is 76.6 cm³/mol. The van der Waals surface area contributed by atoms with Gasteiger partial charge in [-0.2, -0.15) is 0 Å². The van der Waals surface area contributed by atoms with E-state index in [4.69, 9.17) is 9.88 Å². The van der Waals surface area contributed by atoms with Gasteiger partial charge in [0.1, 0.15) is 0 Å². The van der Waals surface area contributed by atoms with Crippen molar-refractivity contribution in [3.8, 4) is 0 Å². The number of benzene rings is 1. The van der Waals surface area contributed by atoms with Crippen LogP contribution in [-0.2, 0) is 14.8 Å². The fraction of sp³-hybridized carbons (Fsp3) is 0.538. The van der Waals surface area contributed by atoms with Gasteiger partial charge in [-0.15, -0.1) is 0 Å². The third-order valence-electron chi connectivity index (χ3n) is 2.95. The van der Waals surface area contributed by atoms with Gasteiger partial charge in [-0.3, -0.25) is 0 Å². The quantitative estimate of drug-likeness (QED) is 0.837. The molecule has 0 spiro atoms. The number of ether oxygens (including phenoxy) is 1. The first-order chi connectivity index (χ1) is 8.64. The molecule has 5 nitrogen and oxygen atoms in total. The van der Waals surface area contributed by atoms with Crippen molar-refractivity contribution in [2.75, 3.05) is 12.4 Å². The Labute approximate surface area is 115 Å². The Morgan fingerprint density at radius 1 is 1.32 bits per heavy atom. The number of nitrogens with two attached hydrogens (primary N) is 1. The molecule has 1 unspecified atom stereocenters. The first-order valence-corrected chi connectivity index (χ1v) is 7.63. The lowest BCUT2D eigenvalue weighted by Gasteiger charge is -2.27. The van der Waals surface area contributed by atoms with E-state index in [0.717, 1.165) is 12.1 Å². The molecular formula is C13H22N2O3S. The summed E-state index contributed by atoms with van der Waals surface area (Å²) in [5.74, 6) is 0. The lowest BCUT2D eigenvalue weighted by molar-refractivity contribution is 0.0128. The average molecular weight is 286 g/mol. The number of hydrogen-bond donors (Lipinski definition) is 2. The van der Waals surface area contributed by atoms with Crippen molar-refractivity contribution in [3.05, 3.63) is 24.3 Å². The zero-order chi connectivity index (χ0) is 14.7. The Bertz CT molecular complexity index is 509. The smallest absolute Gasteiger partial charge is 0.238 e. The zero-order valence-corrected chi connectivity index (χ0v) is 12.6. The molecular weight excluding hydrogens is 264 g/mol. The van der Waals surface area contributed by atoms with Crippen molar-refractivity contribution in [3.63, 3.8) is 0 Å². The minimum Gasteiger partial charge on any atom is -0.382 e. The summed E-state index contributed by atoms with van der Waals surface area (Å²) in [5, 5.41) is 8.34. The van der Waals surface area contributed by atoms with Crippen LogP contribution < -0.4 is 10.5 Å². The normalized spacial score (nSPS) is 14.2. The van der Waals surface area contributed by atoms with Gasteiger partial charge in [-0.05, 0) is 51.5 Å². The molecule has 0 radical (unpaired) electrons.